The molecule has 0 radical (unpaired) electrons. The SMILES string of the molecule is C=CCSCCNCC(=O)NCC(C)C. The molecule has 1 amide bonds. The Kier molecular flexibility index (Phi) is 9.73. The highest BCUT2D eigenvalue weighted by molar-refractivity contribution is 7.99. The van der Waals surface area contributed by atoms with Crippen LogP contribution < -0.4 is 10.6 Å². The lowest BCUT2D eigenvalue weighted by Crippen LogP contribution is -2.36. The van der Waals surface area contributed by atoms with Gasteiger partial charge in [0.1, 0.15) is 0 Å². The first-order valence-electron chi connectivity index (χ1n) is 5.33. The second-order valence-electron chi connectivity index (χ2n) is 3.74. The second-order valence-corrected chi connectivity index (χ2v) is 4.89. The molecule has 0 heterocycles. The van der Waals surface area contributed by atoms with Crippen LogP contribution in [0.25, 0.3) is 0 Å². The van der Waals surface area contributed by atoms with Crippen molar-refractivity contribution in [1.82, 2.24) is 10.6 Å². The first kappa shape index (κ1) is 14.5. The normalized spacial score (nSPS) is 10.3. The quantitative estimate of drug-likeness (QED) is 0.463. The molecule has 88 valence electrons. The van der Waals surface area contributed by atoms with Crippen LogP contribution in [0.3, 0.4) is 0 Å². The maximum Gasteiger partial charge on any atom is 0.233 e. The van der Waals surface area contributed by atoms with Crippen molar-refractivity contribution in [2.75, 3.05) is 31.1 Å². The van der Waals surface area contributed by atoms with Crippen LogP contribution >= 0.6 is 11.8 Å². The van der Waals surface area contributed by atoms with Crippen molar-refractivity contribution >= 4 is 17.7 Å². The molecule has 0 bridgehead atoms. The highest BCUT2D eigenvalue weighted by atomic mass is 32.2. The minimum atomic E-state index is 0.0809. The Morgan fingerprint density at radius 3 is 2.87 bits per heavy atom. The van der Waals surface area contributed by atoms with E-state index in [1.54, 1.807) is 0 Å². The monoisotopic (exact) mass is 230 g/mol. The molecule has 0 atom stereocenters. The summed E-state index contributed by atoms with van der Waals surface area (Å²) in [5, 5.41) is 5.96. The summed E-state index contributed by atoms with van der Waals surface area (Å²) in [7, 11) is 0. The van der Waals surface area contributed by atoms with Crippen LogP contribution in [0.1, 0.15) is 13.8 Å². The van der Waals surface area contributed by atoms with Crippen LogP contribution in [0.4, 0.5) is 0 Å². The molecule has 0 aromatic rings. The van der Waals surface area contributed by atoms with E-state index in [2.05, 4.69) is 31.1 Å². The molecule has 0 spiro atoms. The lowest BCUT2D eigenvalue weighted by molar-refractivity contribution is -0.120. The summed E-state index contributed by atoms with van der Waals surface area (Å²) in [5.74, 6) is 2.58. The van der Waals surface area contributed by atoms with Crippen molar-refractivity contribution in [3.63, 3.8) is 0 Å². The van der Waals surface area contributed by atoms with Crippen LogP contribution in [0.5, 0.6) is 0 Å². The van der Waals surface area contributed by atoms with Gasteiger partial charge in [-0.2, -0.15) is 11.8 Å². The Hall–Kier alpha value is -0.480. The zero-order valence-corrected chi connectivity index (χ0v) is 10.5. The lowest BCUT2D eigenvalue weighted by atomic mass is 10.2. The van der Waals surface area contributed by atoms with E-state index >= 15 is 0 Å². The molecule has 0 aliphatic heterocycles. The van der Waals surface area contributed by atoms with Crippen molar-refractivity contribution in [1.29, 1.82) is 0 Å². The molecule has 4 heteroatoms. The average molecular weight is 230 g/mol. The van der Waals surface area contributed by atoms with E-state index in [0.29, 0.717) is 12.5 Å². The Morgan fingerprint density at radius 2 is 2.27 bits per heavy atom. The number of amides is 1. The van der Waals surface area contributed by atoms with Gasteiger partial charge in [0.2, 0.25) is 5.91 Å². The maximum atomic E-state index is 11.2. The highest BCUT2D eigenvalue weighted by Crippen LogP contribution is 1.96. The molecule has 0 aromatic heterocycles. The van der Waals surface area contributed by atoms with Gasteiger partial charge in [-0.15, -0.1) is 6.58 Å². The molecule has 15 heavy (non-hydrogen) atoms. The van der Waals surface area contributed by atoms with Crippen molar-refractivity contribution in [2.45, 2.75) is 13.8 Å². The van der Waals surface area contributed by atoms with Crippen LogP contribution in [0.15, 0.2) is 12.7 Å². The van der Waals surface area contributed by atoms with Crippen LogP contribution in [0, 0.1) is 5.92 Å². The fourth-order valence-corrected chi connectivity index (χ4v) is 1.52. The molecule has 0 aliphatic rings. The third kappa shape index (κ3) is 11.4. The molecular weight excluding hydrogens is 208 g/mol. The summed E-state index contributed by atoms with van der Waals surface area (Å²) >= 11 is 1.81. The standard InChI is InChI=1S/C11H22N2OS/c1-4-6-15-7-5-12-9-11(14)13-8-10(2)3/h4,10,12H,1,5-9H2,2-3H3,(H,13,14). The Labute approximate surface area is 97.1 Å². The molecule has 0 aliphatic carbocycles. The van der Waals surface area contributed by atoms with E-state index in [1.807, 2.05) is 17.8 Å². The van der Waals surface area contributed by atoms with Crippen molar-refractivity contribution in [3.05, 3.63) is 12.7 Å². The van der Waals surface area contributed by atoms with E-state index in [4.69, 9.17) is 0 Å². The van der Waals surface area contributed by atoms with Gasteiger partial charge in [0.05, 0.1) is 6.54 Å². The van der Waals surface area contributed by atoms with Crippen molar-refractivity contribution < 1.29 is 4.79 Å². The third-order valence-corrected chi connectivity index (χ3v) is 2.62. The second kappa shape index (κ2) is 10.1. The van der Waals surface area contributed by atoms with Gasteiger partial charge < -0.3 is 10.6 Å². The van der Waals surface area contributed by atoms with Crippen molar-refractivity contribution in [3.8, 4) is 0 Å². The number of hydrogen-bond acceptors (Lipinski definition) is 3. The van der Waals surface area contributed by atoms with Gasteiger partial charge in [-0.05, 0) is 5.92 Å². The van der Waals surface area contributed by atoms with Crippen LogP contribution in [-0.2, 0) is 4.79 Å². The van der Waals surface area contributed by atoms with Gasteiger partial charge in [-0.1, -0.05) is 19.9 Å². The third-order valence-electron chi connectivity index (χ3n) is 1.65. The largest absolute Gasteiger partial charge is 0.355 e. The number of hydrogen-bond donors (Lipinski definition) is 2. The molecule has 0 aromatic carbocycles. The van der Waals surface area contributed by atoms with Gasteiger partial charge in [-0.3, -0.25) is 4.79 Å². The number of rotatable bonds is 9. The highest BCUT2D eigenvalue weighted by Gasteiger charge is 2.00. The van der Waals surface area contributed by atoms with Crippen LogP contribution in [0.2, 0.25) is 0 Å². The lowest BCUT2D eigenvalue weighted by Gasteiger charge is -2.08. The minimum absolute atomic E-state index is 0.0809. The van der Waals surface area contributed by atoms with Gasteiger partial charge in [0, 0.05) is 24.6 Å². The number of carbonyl (C=O) groups excluding carboxylic acids is 1. The van der Waals surface area contributed by atoms with E-state index in [0.717, 1.165) is 24.6 Å². The summed E-state index contributed by atoms with van der Waals surface area (Å²) in [6, 6.07) is 0. The topological polar surface area (TPSA) is 41.1 Å². The van der Waals surface area contributed by atoms with Gasteiger partial charge in [0.15, 0.2) is 0 Å². The summed E-state index contributed by atoms with van der Waals surface area (Å²) in [5.41, 5.74) is 0. The number of thioether (sulfide) groups is 1. The summed E-state index contributed by atoms with van der Waals surface area (Å²) in [6.07, 6.45) is 1.89. The summed E-state index contributed by atoms with van der Waals surface area (Å²) in [6.45, 7) is 9.85. The Bertz CT molecular complexity index is 183. The zero-order chi connectivity index (χ0) is 11.5. The minimum Gasteiger partial charge on any atom is -0.355 e. The Balaban J connectivity index is 3.20. The predicted molar refractivity (Wildman–Crippen MR) is 68.2 cm³/mol. The zero-order valence-electron chi connectivity index (χ0n) is 9.71. The fraction of sp³-hybridized carbons (Fsp3) is 0.727. The van der Waals surface area contributed by atoms with Gasteiger partial charge >= 0.3 is 0 Å². The molecule has 2 N–H and O–H groups in total. The molecule has 3 nitrogen and oxygen atoms in total. The molecular formula is C11H22N2OS. The summed E-state index contributed by atoms with van der Waals surface area (Å²) < 4.78 is 0. The van der Waals surface area contributed by atoms with Crippen molar-refractivity contribution in [2.24, 2.45) is 5.92 Å². The predicted octanol–water partition coefficient (Wildman–Crippen LogP) is 1.27. The van der Waals surface area contributed by atoms with E-state index in [-0.39, 0.29) is 5.91 Å². The smallest absolute Gasteiger partial charge is 0.233 e. The van der Waals surface area contributed by atoms with Crippen LogP contribution in [-0.4, -0.2) is 37.0 Å². The number of nitrogens with one attached hydrogen (secondary N) is 2. The van der Waals surface area contributed by atoms with E-state index < -0.39 is 0 Å². The maximum absolute atomic E-state index is 11.2. The molecule has 0 rings (SSSR count). The first-order valence-corrected chi connectivity index (χ1v) is 6.48. The van der Waals surface area contributed by atoms with Gasteiger partial charge in [-0.25, -0.2) is 0 Å². The first-order chi connectivity index (χ1) is 7.16. The summed E-state index contributed by atoms with van der Waals surface area (Å²) in [4.78, 5) is 11.2. The molecule has 0 unspecified atom stereocenters. The average Bonchev–Trinajstić information content (AvgIpc) is 2.20. The van der Waals surface area contributed by atoms with E-state index in [1.165, 1.54) is 0 Å². The van der Waals surface area contributed by atoms with Gasteiger partial charge in [0.25, 0.3) is 0 Å². The fourth-order valence-electron chi connectivity index (χ4n) is 0.893. The molecule has 0 saturated carbocycles. The molecule has 0 saturated heterocycles. The molecule has 0 fully saturated rings. The number of carbonyl (C=O) groups is 1. The Morgan fingerprint density at radius 1 is 1.53 bits per heavy atom. The van der Waals surface area contributed by atoms with E-state index in [9.17, 15) is 4.79 Å².